The number of fused-ring (bicyclic) bond motifs is 1. The monoisotopic (exact) mass is 250 g/mol. The molecule has 0 saturated carbocycles. The molecule has 2 aromatic heterocycles. The van der Waals surface area contributed by atoms with Crippen molar-refractivity contribution in [2.75, 3.05) is 11.9 Å². The van der Waals surface area contributed by atoms with Crippen LogP contribution in [0.3, 0.4) is 0 Å². The van der Waals surface area contributed by atoms with E-state index in [2.05, 4.69) is 26.3 Å². The van der Waals surface area contributed by atoms with E-state index in [1.807, 2.05) is 42.7 Å². The Kier molecular flexibility index (Phi) is 3.32. The maximum absolute atomic E-state index is 4.47. The third kappa shape index (κ3) is 2.85. The fourth-order valence-electron chi connectivity index (χ4n) is 1.92. The Bertz CT molecular complexity index is 667. The first-order chi connectivity index (χ1) is 9.42. The van der Waals surface area contributed by atoms with Crippen molar-refractivity contribution in [1.29, 1.82) is 0 Å². The van der Waals surface area contributed by atoms with Crippen LogP contribution in [-0.4, -0.2) is 21.5 Å². The van der Waals surface area contributed by atoms with Crippen LogP contribution in [0.1, 0.15) is 5.56 Å². The lowest BCUT2D eigenvalue weighted by Gasteiger charge is -2.05. The Morgan fingerprint density at radius 1 is 1.00 bits per heavy atom. The molecule has 0 aliphatic heterocycles. The topological polar surface area (TPSA) is 50.7 Å². The molecule has 0 radical (unpaired) electrons. The fourth-order valence-corrected chi connectivity index (χ4v) is 1.92. The Morgan fingerprint density at radius 3 is 2.84 bits per heavy atom. The van der Waals surface area contributed by atoms with Crippen molar-refractivity contribution in [2.24, 2.45) is 0 Å². The Morgan fingerprint density at radius 2 is 1.95 bits per heavy atom. The van der Waals surface area contributed by atoms with Gasteiger partial charge in [-0.3, -0.25) is 4.98 Å². The van der Waals surface area contributed by atoms with E-state index < -0.39 is 0 Å². The summed E-state index contributed by atoms with van der Waals surface area (Å²) < 4.78 is 0. The van der Waals surface area contributed by atoms with Crippen molar-refractivity contribution < 1.29 is 0 Å². The van der Waals surface area contributed by atoms with Gasteiger partial charge in [-0.15, -0.1) is 0 Å². The predicted molar refractivity (Wildman–Crippen MR) is 76.0 cm³/mol. The van der Waals surface area contributed by atoms with Crippen LogP contribution < -0.4 is 5.32 Å². The van der Waals surface area contributed by atoms with Gasteiger partial charge in [-0.2, -0.15) is 0 Å². The van der Waals surface area contributed by atoms with Gasteiger partial charge in [0.15, 0.2) is 0 Å². The number of anilines is 1. The van der Waals surface area contributed by atoms with Crippen molar-refractivity contribution in [2.45, 2.75) is 6.42 Å². The SMILES string of the molecule is c1cncc(CCNc2ncc3ccccc3n2)c1. The van der Waals surface area contributed by atoms with Gasteiger partial charge in [-0.05, 0) is 24.1 Å². The minimum Gasteiger partial charge on any atom is -0.354 e. The molecular weight excluding hydrogens is 236 g/mol. The third-order valence-electron chi connectivity index (χ3n) is 2.91. The van der Waals surface area contributed by atoms with Crippen molar-refractivity contribution in [3.05, 3.63) is 60.6 Å². The zero-order valence-corrected chi connectivity index (χ0v) is 10.5. The molecule has 19 heavy (non-hydrogen) atoms. The summed E-state index contributed by atoms with van der Waals surface area (Å²) in [7, 11) is 0. The van der Waals surface area contributed by atoms with Crippen LogP contribution in [0.2, 0.25) is 0 Å². The molecule has 0 bridgehead atoms. The van der Waals surface area contributed by atoms with Crippen LogP contribution in [0.15, 0.2) is 55.0 Å². The van der Waals surface area contributed by atoms with Crippen LogP contribution >= 0.6 is 0 Å². The average molecular weight is 250 g/mol. The van der Waals surface area contributed by atoms with Crippen LogP contribution in [0.5, 0.6) is 0 Å². The van der Waals surface area contributed by atoms with Crippen LogP contribution in [0, 0.1) is 0 Å². The lowest BCUT2D eigenvalue weighted by molar-refractivity contribution is 0.980. The lowest BCUT2D eigenvalue weighted by Crippen LogP contribution is -2.07. The molecule has 2 heterocycles. The summed E-state index contributed by atoms with van der Waals surface area (Å²) in [5.41, 5.74) is 2.16. The highest BCUT2D eigenvalue weighted by atomic mass is 15.1. The third-order valence-corrected chi connectivity index (χ3v) is 2.91. The number of hydrogen-bond donors (Lipinski definition) is 1. The number of aromatic nitrogens is 3. The minimum absolute atomic E-state index is 0.669. The average Bonchev–Trinajstić information content (AvgIpc) is 2.48. The summed E-state index contributed by atoms with van der Waals surface area (Å²) in [6, 6.07) is 12.0. The first kappa shape index (κ1) is 11.6. The number of nitrogens with one attached hydrogen (secondary N) is 1. The molecule has 3 rings (SSSR count). The molecule has 0 spiro atoms. The zero-order valence-electron chi connectivity index (χ0n) is 10.5. The van der Waals surface area contributed by atoms with Gasteiger partial charge in [0.25, 0.3) is 0 Å². The lowest BCUT2D eigenvalue weighted by atomic mass is 10.2. The van der Waals surface area contributed by atoms with Crippen LogP contribution in [-0.2, 0) is 6.42 Å². The number of pyridine rings is 1. The summed E-state index contributed by atoms with van der Waals surface area (Å²) in [6.07, 6.45) is 6.41. The van der Waals surface area contributed by atoms with Gasteiger partial charge in [0.2, 0.25) is 5.95 Å². The molecule has 94 valence electrons. The Labute approximate surface area is 111 Å². The van der Waals surface area contributed by atoms with E-state index in [-0.39, 0.29) is 0 Å². The van der Waals surface area contributed by atoms with E-state index in [0.717, 1.165) is 23.9 Å². The normalized spacial score (nSPS) is 10.5. The van der Waals surface area contributed by atoms with Crippen molar-refractivity contribution >= 4 is 16.9 Å². The molecule has 0 fully saturated rings. The number of hydrogen-bond acceptors (Lipinski definition) is 4. The number of rotatable bonds is 4. The van der Waals surface area contributed by atoms with Crippen LogP contribution in [0.4, 0.5) is 5.95 Å². The fraction of sp³-hybridized carbons (Fsp3) is 0.133. The quantitative estimate of drug-likeness (QED) is 0.773. The van der Waals surface area contributed by atoms with Gasteiger partial charge in [-0.25, -0.2) is 9.97 Å². The second kappa shape index (κ2) is 5.44. The largest absolute Gasteiger partial charge is 0.354 e. The Balaban J connectivity index is 1.65. The number of para-hydroxylation sites is 1. The van der Waals surface area contributed by atoms with E-state index in [4.69, 9.17) is 0 Å². The first-order valence-electron chi connectivity index (χ1n) is 6.26. The van der Waals surface area contributed by atoms with Crippen molar-refractivity contribution in [1.82, 2.24) is 15.0 Å². The molecular formula is C15H14N4. The van der Waals surface area contributed by atoms with Gasteiger partial charge < -0.3 is 5.32 Å². The summed E-state index contributed by atoms with van der Waals surface area (Å²) in [4.78, 5) is 12.9. The Hall–Kier alpha value is -2.49. The highest BCUT2D eigenvalue weighted by molar-refractivity contribution is 5.78. The van der Waals surface area contributed by atoms with E-state index >= 15 is 0 Å². The molecule has 3 aromatic rings. The molecule has 0 unspecified atom stereocenters. The van der Waals surface area contributed by atoms with Crippen molar-refractivity contribution in [3.63, 3.8) is 0 Å². The minimum atomic E-state index is 0.669. The summed E-state index contributed by atoms with van der Waals surface area (Å²) in [5, 5.41) is 4.29. The highest BCUT2D eigenvalue weighted by Gasteiger charge is 1.99. The van der Waals surface area contributed by atoms with E-state index in [1.165, 1.54) is 5.56 Å². The predicted octanol–water partition coefficient (Wildman–Crippen LogP) is 2.68. The van der Waals surface area contributed by atoms with E-state index in [1.54, 1.807) is 6.20 Å². The smallest absolute Gasteiger partial charge is 0.223 e. The summed E-state index contributed by atoms with van der Waals surface area (Å²) >= 11 is 0. The van der Waals surface area contributed by atoms with Gasteiger partial charge in [0.05, 0.1) is 5.52 Å². The molecule has 4 nitrogen and oxygen atoms in total. The molecule has 0 aliphatic rings. The molecule has 1 aromatic carbocycles. The van der Waals surface area contributed by atoms with Gasteiger partial charge >= 0.3 is 0 Å². The summed E-state index contributed by atoms with van der Waals surface area (Å²) in [6.45, 7) is 0.796. The highest BCUT2D eigenvalue weighted by Crippen LogP contribution is 2.11. The standard InChI is InChI=1S/C15H14N4/c1-2-6-14-13(5-1)11-18-15(19-14)17-9-7-12-4-3-8-16-10-12/h1-6,8,10-11H,7,9H2,(H,17,18,19). The van der Waals surface area contributed by atoms with Gasteiger partial charge in [-0.1, -0.05) is 24.3 Å². The first-order valence-corrected chi connectivity index (χ1v) is 6.26. The second-order valence-electron chi connectivity index (χ2n) is 4.29. The van der Waals surface area contributed by atoms with E-state index in [9.17, 15) is 0 Å². The molecule has 0 atom stereocenters. The molecule has 0 aliphatic carbocycles. The second-order valence-corrected chi connectivity index (χ2v) is 4.29. The maximum Gasteiger partial charge on any atom is 0.223 e. The van der Waals surface area contributed by atoms with Crippen molar-refractivity contribution in [3.8, 4) is 0 Å². The zero-order chi connectivity index (χ0) is 12.9. The molecule has 0 amide bonds. The van der Waals surface area contributed by atoms with E-state index in [0.29, 0.717) is 5.95 Å². The van der Waals surface area contributed by atoms with Gasteiger partial charge in [0, 0.05) is 30.5 Å². The molecule has 0 saturated heterocycles. The number of benzene rings is 1. The van der Waals surface area contributed by atoms with Gasteiger partial charge in [0.1, 0.15) is 0 Å². The molecule has 4 heteroatoms. The molecule has 1 N–H and O–H groups in total. The van der Waals surface area contributed by atoms with Crippen LogP contribution in [0.25, 0.3) is 10.9 Å². The number of nitrogens with zero attached hydrogens (tertiary/aromatic N) is 3. The summed E-state index contributed by atoms with van der Waals surface area (Å²) in [5.74, 6) is 0.669. The maximum atomic E-state index is 4.47.